The molecular formula is C11H19N3OS. The summed E-state index contributed by atoms with van der Waals surface area (Å²) in [7, 11) is 0. The first kappa shape index (κ1) is 11.9. The van der Waals surface area contributed by atoms with Crippen LogP contribution in [0.3, 0.4) is 0 Å². The number of rotatable bonds is 4. The van der Waals surface area contributed by atoms with E-state index in [9.17, 15) is 0 Å². The molecule has 1 aromatic rings. The molecule has 1 unspecified atom stereocenters. The molecule has 2 heterocycles. The van der Waals surface area contributed by atoms with Crippen molar-refractivity contribution < 1.29 is 4.52 Å². The van der Waals surface area contributed by atoms with E-state index in [0.717, 1.165) is 18.8 Å². The van der Waals surface area contributed by atoms with Crippen molar-refractivity contribution in [1.82, 2.24) is 15.5 Å². The normalized spacial score (nSPS) is 24.5. The molecule has 0 saturated carbocycles. The predicted molar refractivity (Wildman–Crippen MR) is 65.5 cm³/mol. The number of thioether (sulfide) groups is 1. The molecule has 0 radical (unpaired) electrons. The van der Waals surface area contributed by atoms with Gasteiger partial charge in [0.05, 0.1) is 0 Å². The lowest BCUT2D eigenvalue weighted by Gasteiger charge is -2.38. The quantitative estimate of drug-likeness (QED) is 0.870. The Bertz CT molecular complexity index is 313. The van der Waals surface area contributed by atoms with Gasteiger partial charge in [-0.1, -0.05) is 19.0 Å². The Morgan fingerprint density at radius 1 is 1.62 bits per heavy atom. The van der Waals surface area contributed by atoms with Crippen molar-refractivity contribution in [2.75, 3.05) is 18.1 Å². The number of nitrogens with zero attached hydrogens (tertiary/aromatic N) is 2. The molecule has 1 atom stereocenters. The average Bonchev–Trinajstić information content (AvgIpc) is 2.73. The Kier molecular flexibility index (Phi) is 3.86. The summed E-state index contributed by atoms with van der Waals surface area (Å²) in [6.07, 6.45) is 3.51. The SMILES string of the molecule is CC1(C)CCSCC1NCCc1ncon1. The molecule has 1 aliphatic rings. The van der Waals surface area contributed by atoms with Crippen LogP contribution in [0.2, 0.25) is 0 Å². The summed E-state index contributed by atoms with van der Waals surface area (Å²) in [5.41, 5.74) is 0.405. The fraction of sp³-hybridized carbons (Fsp3) is 0.818. The molecule has 90 valence electrons. The summed E-state index contributed by atoms with van der Waals surface area (Å²) in [6.45, 7) is 5.62. The van der Waals surface area contributed by atoms with Crippen molar-refractivity contribution in [3.63, 3.8) is 0 Å². The topological polar surface area (TPSA) is 51.0 Å². The van der Waals surface area contributed by atoms with E-state index >= 15 is 0 Å². The maximum absolute atomic E-state index is 4.70. The molecule has 0 aliphatic carbocycles. The van der Waals surface area contributed by atoms with E-state index in [0.29, 0.717) is 11.5 Å². The zero-order chi connectivity index (χ0) is 11.4. The second-order valence-electron chi connectivity index (χ2n) is 4.92. The molecule has 4 nitrogen and oxygen atoms in total. The standard InChI is InChI=1S/C11H19N3OS/c1-11(2)4-6-16-7-9(11)12-5-3-10-13-8-15-14-10/h8-9,12H,3-7H2,1-2H3. The lowest BCUT2D eigenvalue weighted by atomic mass is 9.82. The minimum Gasteiger partial charge on any atom is -0.343 e. The molecule has 1 aromatic heterocycles. The minimum absolute atomic E-state index is 0.405. The van der Waals surface area contributed by atoms with Crippen LogP contribution in [-0.2, 0) is 6.42 Å². The van der Waals surface area contributed by atoms with Crippen LogP contribution in [0.5, 0.6) is 0 Å². The lowest BCUT2D eigenvalue weighted by Crippen LogP contribution is -2.47. The molecule has 1 N–H and O–H groups in total. The summed E-state index contributed by atoms with van der Waals surface area (Å²) in [5, 5.41) is 7.41. The Labute approximate surface area is 101 Å². The van der Waals surface area contributed by atoms with Gasteiger partial charge in [-0.3, -0.25) is 0 Å². The number of hydrogen-bond acceptors (Lipinski definition) is 5. The van der Waals surface area contributed by atoms with Crippen LogP contribution in [0.1, 0.15) is 26.1 Å². The van der Waals surface area contributed by atoms with E-state index < -0.39 is 0 Å². The van der Waals surface area contributed by atoms with Crippen LogP contribution in [0.25, 0.3) is 0 Å². The highest BCUT2D eigenvalue weighted by Gasteiger charge is 2.31. The van der Waals surface area contributed by atoms with Crippen LogP contribution < -0.4 is 5.32 Å². The van der Waals surface area contributed by atoms with E-state index in [2.05, 4.69) is 29.3 Å². The molecule has 5 heteroatoms. The smallest absolute Gasteiger partial charge is 0.213 e. The van der Waals surface area contributed by atoms with E-state index in [1.807, 2.05) is 11.8 Å². The average molecular weight is 241 g/mol. The highest BCUT2D eigenvalue weighted by atomic mass is 32.2. The summed E-state index contributed by atoms with van der Waals surface area (Å²) in [6, 6.07) is 0.596. The van der Waals surface area contributed by atoms with Gasteiger partial charge in [0.2, 0.25) is 6.39 Å². The maximum Gasteiger partial charge on any atom is 0.213 e. The largest absolute Gasteiger partial charge is 0.343 e. The minimum atomic E-state index is 0.405. The third-order valence-electron chi connectivity index (χ3n) is 3.26. The van der Waals surface area contributed by atoms with Gasteiger partial charge in [0.15, 0.2) is 5.82 Å². The lowest BCUT2D eigenvalue weighted by molar-refractivity contribution is 0.247. The highest BCUT2D eigenvalue weighted by Crippen LogP contribution is 2.33. The van der Waals surface area contributed by atoms with E-state index in [1.54, 1.807) is 0 Å². The van der Waals surface area contributed by atoms with Crippen LogP contribution in [-0.4, -0.2) is 34.2 Å². The van der Waals surface area contributed by atoms with Gasteiger partial charge in [-0.2, -0.15) is 16.7 Å². The molecule has 1 saturated heterocycles. The molecule has 1 fully saturated rings. The van der Waals surface area contributed by atoms with Gasteiger partial charge in [-0.25, -0.2) is 0 Å². The fourth-order valence-electron chi connectivity index (χ4n) is 1.93. The van der Waals surface area contributed by atoms with E-state index in [-0.39, 0.29) is 0 Å². The predicted octanol–water partition coefficient (Wildman–Crippen LogP) is 1.73. The molecule has 0 spiro atoms. The Hall–Kier alpha value is -0.550. The zero-order valence-electron chi connectivity index (χ0n) is 9.90. The van der Waals surface area contributed by atoms with Crippen LogP contribution in [0, 0.1) is 5.41 Å². The molecule has 16 heavy (non-hydrogen) atoms. The summed E-state index contributed by atoms with van der Waals surface area (Å²) in [5.74, 6) is 3.28. The first-order chi connectivity index (χ1) is 7.68. The first-order valence-electron chi connectivity index (χ1n) is 5.75. The third-order valence-corrected chi connectivity index (χ3v) is 4.33. The monoisotopic (exact) mass is 241 g/mol. The Balaban J connectivity index is 1.76. The molecular weight excluding hydrogens is 222 g/mol. The Morgan fingerprint density at radius 2 is 2.50 bits per heavy atom. The van der Waals surface area contributed by atoms with Gasteiger partial charge in [-0.05, 0) is 17.6 Å². The van der Waals surface area contributed by atoms with Crippen molar-refractivity contribution in [1.29, 1.82) is 0 Å². The van der Waals surface area contributed by atoms with Crippen molar-refractivity contribution in [2.24, 2.45) is 5.41 Å². The summed E-state index contributed by atoms with van der Waals surface area (Å²) < 4.78 is 4.70. The van der Waals surface area contributed by atoms with Crippen LogP contribution in [0.4, 0.5) is 0 Å². The molecule has 1 aliphatic heterocycles. The van der Waals surface area contributed by atoms with Crippen molar-refractivity contribution in [3.05, 3.63) is 12.2 Å². The number of aromatic nitrogens is 2. The Morgan fingerprint density at radius 3 is 3.19 bits per heavy atom. The molecule has 0 aromatic carbocycles. The van der Waals surface area contributed by atoms with Gasteiger partial charge in [0.25, 0.3) is 0 Å². The summed E-state index contributed by atoms with van der Waals surface area (Å²) in [4.78, 5) is 4.01. The highest BCUT2D eigenvalue weighted by molar-refractivity contribution is 7.99. The zero-order valence-corrected chi connectivity index (χ0v) is 10.7. The number of hydrogen-bond donors (Lipinski definition) is 1. The van der Waals surface area contributed by atoms with Crippen LogP contribution >= 0.6 is 11.8 Å². The second-order valence-corrected chi connectivity index (χ2v) is 6.07. The first-order valence-corrected chi connectivity index (χ1v) is 6.90. The van der Waals surface area contributed by atoms with E-state index in [4.69, 9.17) is 4.52 Å². The molecule has 0 bridgehead atoms. The maximum atomic E-state index is 4.70. The number of nitrogens with one attached hydrogen (secondary N) is 1. The summed E-state index contributed by atoms with van der Waals surface area (Å²) >= 11 is 2.04. The van der Waals surface area contributed by atoms with Crippen LogP contribution in [0.15, 0.2) is 10.9 Å². The van der Waals surface area contributed by atoms with Gasteiger partial charge >= 0.3 is 0 Å². The van der Waals surface area contributed by atoms with E-state index in [1.165, 1.54) is 24.3 Å². The third kappa shape index (κ3) is 2.98. The van der Waals surface area contributed by atoms with Gasteiger partial charge in [0.1, 0.15) is 0 Å². The second kappa shape index (κ2) is 5.19. The van der Waals surface area contributed by atoms with Crippen molar-refractivity contribution in [3.8, 4) is 0 Å². The van der Waals surface area contributed by atoms with Crippen molar-refractivity contribution in [2.45, 2.75) is 32.7 Å². The van der Waals surface area contributed by atoms with Crippen molar-refractivity contribution >= 4 is 11.8 Å². The van der Waals surface area contributed by atoms with Gasteiger partial charge in [-0.15, -0.1) is 0 Å². The van der Waals surface area contributed by atoms with Gasteiger partial charge in [0, 0.05) is 24.8 Å². The fourth-order valence-corrected chi connectivity index (χ4v) is 3.57. The molecule has 2 rings (SSSR count). The molecule has 0 amide bonds. The van der Waals surface area contributed by atoms with Gasteiger partial charge < -0.3 is 9.84 Å².